The van der Waals surface area contributed by atoms with Gasteiger partial charge in [-0.05, 0) is 37.6 Å². The highest BCUT2D eigenvalue weighted by molar-refractivity contribution is 6.30. The molecule has 0 aromatic heterocycles. The summed E-state index contributed by atoms with van der Waals surface area (Å²) in [5, 5.41) is 3.54. The minimum atomic E-state index is -0.703. The number of nitrogens with one attached hydrogen (secondary N) is 1. The van der Waals surface area contributed by atoms with Crippen LogP contribution in [0.5, 0.6) is 11.5 Å². The number of likely N-dealkylation sites (N-methyl/N-ethyl adjacent to an activating group) is 1. The Bertz CT molecular complexity index is 841. The first-order valence-electron chi connectivity index (χ1n) is 9.46. The van der Waals surface area contributed by atoms with Crippen molar-refractivity contribution in [3.05, 3.63) is 59.1 Å². The van der Waals surface area contributed by atoms with Gasteiger partial charge >= 0.3 is 0 Å². The molecule has 0 saturated heterocycles. The topological polar surface area (TPSA) is 67.9 Å². The maximum atomic E-state index is 12.7. The van der Waals surface area contributed by atoms with Gasteiger partial charge in [-0.2, -0.15) is 0 Å². The number of carbonyl (C=O) groups excluding carboxylic acids is 2. The summed E-state index contributed by atoms with van der Waals surface area (Å²) in [5.74, 6) is 0.703. The fourth-order valence-corrected chi connectivity index (χ4v) is 2.84. The molecule has 0 radical (unpaired) electrons. The number of hydrogen-bond acceptors (Lipinski definition) is 4. The highest BCUT2D eigenvalue weighted by atomic mass is 35.5. The van der Waals surface area contributed by atoms with Gasteiger partial charge in [0.15, 0.2) is 12.7 Å². The third-order valence-electron chi connectivity index (χ3n) is 4.35. The maximum Gasteiger partial charge on any atom is 0.261 e. The number of hydrogen-bond donors (Lipinski definition) is 1. The Labute approximate surface area is 176 Å². The lowest BCUT2D eigenvalue weighted by Crippen LogP contribution is -2.38. The summed E-state index contributed by atoms with van der Waals surface area (Å²) in [6.45, 7) is 3.58. The molecular formula is C22H27ClN2O4. The molecule has 2 atom stereocenters. The Morgan fingerprint density at radius 3 is 2.52 bits per heavy atom. The predicted octanol–water partition coefficient (Wildman–Crippen LogP) is 3.84. The van der Waals surface area contributed by atoms with Crippen LogP contribution in [0.3, 0.4) is 0 Å². The number of ether oxygens (including phenoxy) is 2. The molecule has 0 bridgehead atoms. The maximum absolute atomic E-state index is 12.7. The van der Waals surface area contributed by atoms with E-state index in [0.717, 1.165) is 5.56 Å². The van der Waals surface area contributed by atoms with Crippen LogP contribution in [0.25, 0.3) is 0 Å². The van der Waals surface area contributed by atoms with Gasteiger partial charge in [-0.3, -0.25) is 9.59 Å². The van der Waals surface area contributed by atoms with Gasteiger partial charge in [0.1, 0.15) is 11.5 Å². The first-order chi connectivity index (χ1) is 13.8. The minimum absolute atomic E-state index is 0.0668. The Hall–Kier alpha value is -2.73. The molecule has 0 saturated carbocycles. The first-order valence-corrected chi connectivity index (χ1v) is 9.84. The van der Waals surface area contributed by atoms with Gasteiger partial charge in [0.25, 0.3) is 11.8 Å². The van der Waals surface area contributed by atoms with Crippen molar-refractivity contribution in [3.63, 3.8) is 0 Å². The number of nitrogens with zero attached hydrogens (tertiary/aromatic N) is 1. The van der Waals surface area contributed by atoms with E-state index in [1.54, 1.807) is 51.4 Å². The standard InChI is InChI=1S/C22H27ClN2O4/c1-5-19(18-11-6-7-12-20(18)28-14-21(26)25(3)4)24-22(27)15(2)29-17-10-8-9-16(23)13-17/h6-13,15,19H,5,14H2,1-4H3,(H,24,27). The summed E-state index contributed by atoms with van der Waals surface area (Å²) in [6.07, 6.45) is -0.0524. The van der Waals surface area contributed by atoms with Crippen molar-refractivity contribution in [2.75, 3.05) is 20.7 Å². The van der Waals surface area contributed by atoms with Crippen LogP contribution in [0, 0.1) is 0 Å². The molecule has 6 nitrogen and oxygen atoms in total. The molecule has 2 aromatic rings. The van der Waals surface area contributed by atoms with E-state index in [1.165, 1.54) is 4.90 Å². The zero-order valence-electron chi connectivity index (χ0n) is 17.1. The van der Waals surface area contributed by atoms with Crippen LogP contribution >= 0.6 is 11.6 Å². The van der Waals surface area contributed by atoms with E-state index in [2.05, 4.69) is 5.32 Å². The third kappa shape index (κ3) is 6.68. The van der Waals surface area contributed by atoms with E-state index < -0.39 is 6.10 Å². The summed E-state index contributed by atoms with van der Waals surface area (Å²) in [6, 6.07) is 14.0. The van der Waals surface area contributed by atoms with Crippen molar-refractivity contribution in [2.24, 2.45) is 0 Å². The molecule has 0 aliphatic rings. The predicted molar refractivity (Wildman–Crippen MR) is 113 cm³/mol. The summed E-state index contributed by atoms with van der Waals surface area (Å²) in [5.41, 5.74) is 0.810. The zero-order chi connectivity index (χ0) is 21.4. The number of amides is 2. The largest absolute Gasteiger partial charge is 0.483 e. The van der Waals surface area contributed by atoms with Crippen LogP contribution < -0.4 is 14.8 Å². The lowest BCUT2D eigenvalue weighted by molar-refractivity contribution is -0.131. The molecule has 2 aromatic carbocycles. The summed E-state index contributed by atoms with van der Waals surface area (Å²) >= 11 is 5.96. The van der Waals surface area contributed by atoms with Crippen LogP contribution in [-0.2, 0) is 9.59 Å². The zero-order valence-corrected chi connectivity index (χ0v) is 17.9. The second-order valence-corrected chi connectivity index (χ2v) is 7.24. The molecule has 2 amide bonds. The van der Waals surface area contributed by atoms with E-state index in [0.29, 0.717) is 22.9 Å². The number of halogens is 1. The van der Waals surface area contributed by atoms with Crippen LogP contribution in [0.2, 0.25) is 5.02 Å². The molecule has 2 unspecified atom stereocenters. The molecule has 156 valence electrons. The molecule has 1 N–H and O–H groups in total. The normalized spacial score (nSPS) is 12.6. The molecule has 0 fully saturated rings. The van der Waals surface area contributed by atoms with Gasteiger partial charge < -0.3 is 19.7 Å². The molecule has 29 heavy (non-hydrogen) atoms. The fraction of sp³-hybridized carbons (Fsp3) is 0.364. The Kier molecular flexibility index (Phi) is 8.34. The highest BCUT2D eigenvalue weighted by Gasteiger charge is 2.22. The second kappa shape index (κ2) is 10.7. The molecule has 0 aliphatic carbocycles. The van der Waals surface area contributed by atoms with E-state index >= 15 is 0 Å². The molecule has 0 heterocycles. The average molecular weight is 419 g/mol. The van der Waals surface area contributed by atoms with E-state index in [1.807, 2.05) is 25.1 Å². The van der Waals surface area contributed by atoms with Crippen molar-refractivity contribution in [1.82, 2.24) is 10.2 Å². The lowest BCUT2D eigenvalue weighted by Gasteiger charge is -2.23. The SMILES string of the molecule is CCC(NC(=O)C(C)Oc1cccc(Cl)c1)c1ccccc1OCC(=O)N(C)C. The summed E-state index contributed by atoms with van der Waals surface area (Å²) < 4.78 is 11.4. The smallest absolute Gasteiger partial charge is 0.261 e. The average Bonchev–Trinajstić information content (AvgIpc) is 2.70. The minimum Gasteiger partial charge on any atom is -0.483 e. The van der Waals surface area contributed by atoms with Crippen molar-refractivity contribution in [1.29, 1.82) is 0 Å². The lowest BCUT2D eigenvalue weighted by atomic mass is 10.0. The molecule has 7 heteroatoms. The van der Waals surface area contributed by atoms with E-state index in [4.69, 9.17) is 21.1 Å². The number of para-hydroxylation sites is 1. The number of carbonyl (C=O) groups is 2. The Morgan fingerprint density at radius 1 is 1.14 bits per heavy atom. The molecule has 2 rings (SSSR count). The number of benzene rings is 2. The van der Waals surface area contributed by atoms with Crippen molar-refractivity contribution >= 4 is 23.4 Å². The Morgan fingerprint density at radius 2 is 1.86 bits per heavy atom. The van der Waals surface area contributed by atoms with Gasteiger partial charge in [-0.1, -0.05) is 42.8 Å². The van der Waals surface area contributed by atoms with E-state index in [9.17, 15) is 9.59 Å². The van der Waals surface area contributed by atoms with Crippen molar-refractivity contribution in [2.45, 2.75) is 32.4 Å². The molecule has 0 aliphatic heterocycles. The van der Waals surface area contributed by atoms with Gasteiger partial charge in [-0.15, -0.1) is 0 Å². The van der Waals surface area contributed by atoms with Crippen molar-refractivity contribution < 1.29 is 19.1 Å². The summed E-state index contributed by atoms with van der Waals surface area (Å²) in [7, 11) is 3.35. The van der Waals surface area contributed by atoms with Gasteiger partial charge in [0.05, 0.1) is 6.04 Å². The van der Waals surface area contributed by atoms with Gasteiger partial charge in [-0.25, -0.2) is 0 Å². The quantitative estimate of drug-likeness (QED) is 0.671. The molecule has 0 spiro atoms. The monoisotopic (exact) mass is 418 g/mol. The number of rotatable bonds is 9. The van der Waals surface area contributed by atoms with Crippen LogP contribution in [0.1, 0.15) is 31.9 Å². The van der Waals surface area contributed by atoms with Gasteiger partial charge in [0, 0.05) is 24.7 Å². The fourth-order valence-electron chi connectivity index (χ4n) is 2.66. The van der Waals surface area contributed by atoms with Crippen LogP contribution in [-0.4, -0.2) is 43.5 Å². The molecular weight excluding hydrogens is 392 g/mol. The van der Waals surface area contributed by atoms with Crippen LogP contribution in [0.15, 0.2) is 48.5 Å². The Balaban J connectivity index is 2.07. The van der Waals surface area contributed by atoms with Gasteiger partial charge in [0.2, 0.25) is 0 Å². The van der Waals surface area contributed by atoms with Crippen LogP contribution in [0.4, 0.5) is 0 Å². The first kappa shape index (κ1) is 22.6. The van der Waals surface area contributed by atoms with Crippen molar-refractivity contribution in [3.8, 4) is 11.5 Å². The highest BCUT2D eigenvalue weighted by Crippen LogP contribution is 2.27. The third-order valence-corrected chi connectivity index (χ3v) is 4.58. The van der Waals surface area contributed by atoms with E-state index in [-0.39, 0.29) is 24.5 Å². The second-order valence-electron chi connectivity index (χ2n) is 6.80. The summed E-state index contributed by atoms with van der Waals surface area (Å²) in [4.78, 5) is 26.0.